The lowest BCUT2D eigenvalue weighted by molar-refractivity contribution is -0.112. The molecule has 31 heavy (non-hydrogen) atoms. The summed E-state index contributed by atoms with van der Waals surface area (Å²) >= 11 is 6.16. The van der Waals surface area contributed by atoms with Crippen molar-refractivity contribution in [2.75, 3.05) is 11.9 Å². The van der Waals surface area contributed by atoms with E-state index in [0.717, 1.165) is 0 Å². The molecule has 0 spiro atoms. The van der Waals surface area contributed by atoms with Crippen LogP contribution in [-0.2, 0) is 4.79 Å². The quantitative estimate of drug-likeness (QED) is 0.386. The van der Waals surface area contributed by atoms with E-state index in [1.807, 2.05) is 13.0 Å². The minimum Gasteiger partial charge on any atom is -0.494 e. The molecule has 0 atom stereocenters. The predicted octanol–water partition coefficient (Wildman–Crippen LogP) is 5.24. The van der Waals surface area contributed by atoms with Crippen LogP contribution in [0.25, 0.3) is 17.4 Å². The molecule has 8 heteroatoms. The maximum Gasteiger partial charge on any atom is 0.335 e. The highest BCUT2D eigenvalue weighted by Crippen LogP contribution is 2.31. The van der Waals surface area contributed by atoms with Gasteiger partial charge in [0, 0.05) is 17.3 Å². The number of ether oxygens (including phenoxy) is 1. The summed E-state index contributed by atoms with van der Waals surface area (Å²) in [6.45, 7) is 2.40. The molecule has 0 aliphatic rings. The lowest BCUT2D eigenvalue weighted by Gasteiger charge is -2.06. The van der Waals surface area contributed by atoms with Crippen molar-refractivity contribution in [3.63, 3.8) is 0 Å². The van der Waals surface area contributed by atoms with Gasteiger partial charge in [0.25, 0.3) is 5.91 Å². The number of aromatic carboxylic acids is 1. The molecule has 156 valence electrons. The third-order valence-electron chi connectivity index (χ3n) is 4.18. The van der Waals surface area contributed by atoms with E-state index >= 15 is 0 Å². The second kappa shape index (κ2) is 9.65. The average Bonchev–Trinajstić information content (AvgIpc) is 3.22. The largest absolute Gasteiger partial charge is 0.494 e. The average molecular weight is 437 g/mol. The Kier molecular flexibility index (Phi) is 6.75. The number of rotatable bonds is 7. The number of carboxylic acids is 1. The molecular weight excluding hydrogens is 420 g/mol. The van der Waals surface area contributed by atoms with Crippen molar-refractivity contribution < 1.29 is 23.8 Å². The van der Waals surface area contributed by atoms with E-state index in [1.165, 1.54) is 24.3 Å². The molecule has 0 aliphatic heterocycles. The lowest BCUT2D eigenvalue weighted by atomic mass is 10.1. The van der Waals surface area contributed by atoms with Gasteiger partial charge in [0.2, 0.25) is 0 Å². The van der Waals surface area contributed by atoms with Gasteiger partial charge in [-0.2, -0.15) is 5.26 Å². The van der Waals surface area contributed by atoms with Crippen LogP contribution in [0.5, 0.6) is 5.75 Å². The van der Waals surface area contributed by atoms with Crippen LogP contribution in [0.2, 0.25) is 5.02 Å². The number of amides is 1. The number of nitriles is 1. The van der Waals surface area contributed by atoms with E-state index < -0.39 is 11.9 Å². The number of nitrogens with zero attached hydrogens (tertiary/aromatic N) is 1. The fraction of sp³-hybridized carbons (Fsp3) is 0.0870. The number of halogens is 1. The lowest BCUT2D eigenvalue weighted by Crippen LogP contribution is -2.13. The maximum absolute atomic E-state index is 12.4. The van der Waals surface area contributed by atoms with Gasteiger partial charge >= 0.3 is 5.97 Å². The molecule has 2 aromatic carbocycles. The molecule has 0 bridgehead atoms. The van der Waals surface area contributed by atoms with E-state index in [4.69, 9.17) is 25.9 Å². The highest BCUT2D eigenvalue weighted by molar-refractivity contribution is 6.33. The van der Waals surface area contributed by atoms with Crippen LogP contribution in [-0.4, -0.2) is 23.6 Å². The first-order valence-electron chi connectivity index (χ1n) is 9.20. The Bertz CT molecular complexity index is 1190. The van der Waals surface area contributed by atoms with Gasteiger partial charge in [0.1, 0.15) is 28.9 Å². The van der Waals surface area contributed by atoms with Crippen molar-refractivity contribution in [1.29, 1.82) is 5.26 Å². The third kappa shape index (κ3) is 5.32. The molecule has 7 nitrogen and oxygen atoms in total. The highest BCUT2D eigenvalue weighted by Gasteiger charge is 2.14. The Morgan fingerprint density at radius 2 is 1.94 bits per heavy atom. The summed E-state index contributed by atoms with van der Waals surface area (Å²) in [5.74, 6) is -0.475. The Labute approximate surface area is 183 Å². The van der Waals surface area contributed by atoms with E-state index in [9.17, 15) is 14.9 Å². The number of hydrogen-bond donors (Lipinski definition) is 2. The molecule has 0 aliphatic carbocycles. The molecule has 0 fully saturated rings. The summed E-state index contributed by atoms with van der Waals surface area (Å²) in [5.41, 5.74) is 0.783. The van der Waals surface area contributed by atoms with Crippen LogP contribution in [0.4, 0.5) is 5.69 Å². The molecule has 1 aromatic heterocycles. The second-order valence-corrected chi connectivity index (χ2v) is 6.69. The summed E-state index contributed by atoms with van der Waals surface area (Å²) in [5, 5.41) is 21.5. The molecule has 0 unspecified atom stereocenters. The Morgan fingerprint density at radius 1 is 1.19 bits per heavy atom. The fourth-order valence-corrected chi connectivity index (χ4v) is 2.92. The minimum atomic E-state index is -1.10. The van der Waals surface area contributed by atoms with Crippen LogP contribution < -0.4 is 10.1 Å². The van der Waals surface area contributed by atoms with Crippen molar-refractivity contribution in [2.45, 2.75) is 6.92 Å². The number of benzene rings is 2. The van der Waals surface area contributed by atoms with Gasteiger partial charge in [-0.05, 0) is 61.5 Å². The number of carbonyl (C=O) groups is 2. The van der Waals surface area contributed by atoms with Crippen LogP contribution in [0.3, 0.4) is 0 Å². The summed E-state index contributed by atoms with van der Waals surface area (Å²) in [6, 6.07) is 16.0. The first kappa shape index (κ1) is 21.7. The van der Waals surface area contributed by atoms with E-state index in [-0.39, 0.29) is 16.9 Å². The van der Waals surface area contributed by atoms with Crippen LogP contribution in [0.1, 0.15) is 23.0 Å². The molecule has 1 amide bonds. The third-order valence-corrected chi connectivity index (χ3v) is 4.51. The molecule has 0 radical (unpaired) electrons. The first-order chi connectivity index (χ1) is 14.9. The van der Waals surface area contributed by atoms with Gasteiger partial charge < -0.3 is 19.6 Å². The van der Waals surface area contributed by atoms with Gasteiger partial charge in [0.15, 0.2) is 0 Å². The first-order valence-corrected chi connectivity index (χ1v) is 9.58. The summed E-state index contributed by atoms with van der Waals surface area (Å²) in [6.07, 6.45) is 1.29. The smallest absolute Gasteiger partial charge is 0.335 e. The zero-order valence-corrected chi connectivity index (χ0v) is 17.1. The second-order valence-electron chi connectivity index (χ2n) is 6.28. The Balaban J connectivity index is 1.80. The zero-order valence-electron chi connectivity index (χ0n) is 16.4. The molecule has 1 heterocycles. The molecule has 3 rings (SSSR count). The Hall–Kier alpha value is -4.02. The van der Waals surface area contributed by atoms with E-state index in [0.29, 0.717) is 34.4 Å². The van der Waals surface area contributed by atoms with Crippen molar-refractivity contribution in [1.82, 2.24) is 0 Å². The van der Waals surface area contributed by atoms with Crippen molar-refractivity contribution >= 4 is 35.2 Å². The topological polar surface area (TPSA) is 113 Å². The highest BCUT2D eigenvalue weighted by atomic mass is 35.5. The standard InChI is InChI=1S/C23H17ClN2O5/c1-2-30-17-6-4-16(5-7-17)26-22(27)15(13-25)11-18-8-10-21(31-18)19-12-14(23(28)29)3-9-20(19)24/h3-12H,2H2,1H3,(H,26,27)(H,28,29)/b15-11-. The van der Waals surface area contributed by atoms with Gasteiger partial charge in [0.05, 0.1) is 17.2 Å². The van der Waals surface area contributed by atoms with Gasteiger partial charge in [-0.1, -0.05) is 11.6 Å². The van der Waals surface area contributed by atoms with Crippen LogP contribution in [0, 0.1) is 11.3 Å². The molecule has 0 saturated heterocycles. The number of furan rings is 1. The van der Waals surface area contributed by atoms with Gasteiger partial charge in [-0.3, -0.25) is 4.79 Å². The maximum atomic E-state index is 12.4. The number of hydrogen-bond acceptors (Lipinski definition) is 5. The van der Waals surface area contributed by atoms with Gasteiger partial charge in [-0.15, -0.1) is 0 Å². The number of anilines is 1. The van der Waals surface area contributed by atoms with Crippen molar-refractivity contribution in [3.8, 4) is 23.1 Å². The SMILES string of the molecule is CCOc1ccc(NC(=O)/C(C#N)=C\c2ccc(-c3cc(C(=O)O)ccc3Cl)o2)cc1. The molecular formula is C23H17ClN2O5. The molecule has 2 N–H and O–H groups in total. The summed E-state index contributed by atoms with van der Waals surface area (Å²) in [4.78, 5) is 23.6. The summed E-state index contributed by atoms with van der Waals surface area (Å²) in [7, 11) is 0. The minimum absolute atomic E-state index is 0.0559. The summed E-state index contributed by atoms with van der Waals surface area (Å²) < 4.78 is 11.0. The molecule has 0 saturated carbocycles. The monoisotopic (exact) mass is 436 g/mol. The number of carbonyl (C=O) groups excluding carboxylic acids is 1. The molecule has 3 aromatic rings. The normalized spacial score (nSPS) is 10.9. The van der Waals surface area contributed by atoms with E-state index in [1.54, 1.807) is 36.4 Å². The van der Waals surface area contributed by atoms with Gasteiger partial charge in [-0.25, -0.2) is 4.79 Å². The Morgan fingerprint density at radius 3 is 2.58 bits per heavy atom. The number of nitrogens with one attached hydrogen (secondary N) is 1. The fourth-order valence-electron chi connectivity index (χ4n) is 2.71. The number of carboxylic acid groups (broad SMARTS) is 1. The van der Waals surface area contributed by atoms with Crippen LogP contribution >= 0.6 is 11.6 Å². The van der Waals surface area contributed by atoms with Crippen molar-refractivity contribution in [3.05, 3.63) is 76.5 Å². The van der Waals surface area contributed by atoms with Crippen molar-refractivity contribution in [2.24, 2.45) is 0 Å². The predicted molar refractivity (Wildman–Crippen MR) is 116 cm³/mol. The van der Waals surface area contributed by atoms with E-state index in [2.05, 4.69) is 5.32 Å². The zero-order chi connectivity index (χ0) is 22.4. The van der Waals surface area contributed by atoms with Crippen LogP contribution in [0.15, 0.2) is 64.6 Å².